The van der Waals surface area contributed by atoms with E-state index in [0.717, 1.165) is 44.5 Å². The summed E-state index contributed by atoms with van der Waals surface area (Å²) in [5, 5.41) is 13.5. The number of nitrogens with one attached hydrogen (secondary N) is 1. The first-order valence-electron chi connectivity index (χ1n) is 9.29. The van der Waals surface area contributed by atoms with E-state index in [4.69, 9.17) is 0 Å². The van der Waals surface area contributed by atoms with Crippen molar-refractivity contribution >= 4 is 5.91 Å². The number of nitrogens with zero attached hydrogens (tertiary/aromatic N) is 1. The lowest BCUT2D eigenvalue weighted by atomic mass is 9.96. The highest BCUT2D eigenvalue weighted by Crippen LogP contribution is 2.22. The van der Waals surface area contributed by atoms with Crippen molar-refractivity contribution < 1.29 is 9.90 Å². The Kier molecular flexibility index (Phi) is 7.25. The molecule has 24 heavy (non-hydrogen) atoms. The van der Waals surface area contributed by atoms with Crippen molar-refractivity contribution in [1.82, 2.24) is 10.2 Å². The number of β-amino-alcohol motifs (C(OH)–C–C–N with tert-alkyl or cyclic N) is 1. The summed E-state index contributed by atoms with van der Waals surface area (Å²) in [6.07, 6.45) is 2.44. The highest BCUT2D eigenvalue weighted by atomic mass is 16.3. The fourth-order valence-electron chi connectivity index (χ4n) is 3.28. The number of rotatable bonds is 7. The summed E-state index contributed by atoms with van der Waals surface area (Å²) in [7, 11) is 0. The van der Waals surface area contributed by atoms with Crippen molar-refractivity contribution in [2.24, 2.45) is 5.92 Å². The molecule has 0 aromatic heterocycles. The molecule has 1 amide bonds. The van der Waals surface area contributed by atoms with E-state index in [1.54, 1.807) is 0 Å². The Hall–Kier alpha value is -1.39. The minimum absolute atomic E-state index is 0.0563. The molecule has 0 spiro atoms. The fourth-order valence-corrected chi connectivity index (χ4v) is 3.28. The van der Waals surface area contributed by atoms with Crippen LogP contribution in [0.1, 0.15) is 63.2 Å². The van der Waals surface area contributed by atoms with Crippen molar-refractivity contribution in [2.75, 3.05) is 26.2 Å². The minimum atomic E-state index is -0.497. The summed E-state index contributed by atoms with van der Waals surface area (Å²) >= 11 is 0. The first-order valence-corrected chi connectivity index (χ1v) is 9.29. The third kappa shape index (κ3) is 5.32. The van der Waals surface area contributed by atoms with Gasteiger partial charge in [0, 0.05) is 19.6 Å². The van der Waals surface area contributed by atoms with E-state index in [2.05, 4.69) is 43.1 Å². The smallest absolute Gasteiger partial charge is 0.224 e. The van der Waals surface area contributed by atoms with Gasteiger partial charge in [0.15, 0.2) is 0 Å². The topological polar surface area (TPSA) is 52.6 Å². The van der Waals surface area contributed by atoms with Crippen LogP contribution in [0.4, 0.5) is 0 Å². The number of aliphatic hydroxyl groups is 1. The highest BCUT2D eigenvalue weighted by molar-refractivity contribution is 5.78. The molecule has 0 aliphatic carbocycles. The molecular formula is C20H32N2O2. The zero-order valence-electron chi connectivity index (χ0n) is 15.3. The maximum Gasteiger partial charge on any atom is 0.224 e. The molecule has 2 N–H and O–H groups in total. The average molecular weight is 332 g/mol. The number of likely N-dealkylation sites (tertiary alicyclic amines) is 1. The lowest BCUT2D eigenvalue weighted by Crippen LogP contribution is -2.44. The van der Waals surface area contributed by atoms with Gasteiger partial charge in [0.25, 0.3) is 0 Å². The Labute approximate surface area is 146 Å². The predicted octanol–water partition coefficient (Wildman–Crippen LogP) is 3.08. The van der Waals surface area contributed by atoms with Gasteiger partial charge in [0.1, 0.15) is 0 Å². The van der Waals surface area contributed by atoms with Crippen molar-refractivity contribution in [1.29, 1.82) is 0 Å². The van der Waals surface area contributed by atoms with Crippen LogP contribution in [0.3, 0.4) is 0 Å². The largest absolute Gasteiger partial charge is 0.387 e. The lowest BCUT2D eigenvalue weighted by Gasteiger charge is -2.33. The van der Waals surface area contributed by atoms with Gasteiger partial charge in [-0.05, 0) is 42.9 Å². The van der Waals surface area contributed by atoms with Crippen LogP contribution in [0, 0.1) is 5.92 Å². The van der Waals surface area contributed by atoms with E-state index in [0.29, 0.717) is 12.5 Å². The standard InChI is InChI=1S/C20H32N2O2/c1-4-11-21-20(24)18-6-5-12-22(13-18)14-19(23)17-9-7-16(8-10-17)15(2)3/h7-10,15,18-19,23H,4-6,11-14H2,1-3H3,(H,21,24)/t18-,19+/m1/s1. The number of carbonyl (C=O) groups excluding carboxylic acids is 1. The van der Waals surface area contributed by atoms with Crippen LogP contribution < -0.4 is 5.32 Å². The molecule has 4 heteroatoms. The van der Waals surface area contributed by atoms with Gasteiger partial charge in [0.2, 0.25) is 5.91 Å². The molecule has 0 bridgehead atoms. The molecule has 1 aliphatic rings. The fraction of sp³-hybridized carbons (Fsp3) is 0.650. The first kappa shape index (κ1) is 18.9. The van der Waals surface area contributed by atoms with Gasteiger partial charge < -0.3 is 10.4 Å². The number of hydrogen-bond acceptors (Lipinski definition) is 3. The second kappa shape index (κ2) is 9.19. The molecule has 1 saturated heterocycles. The summed E-state index contributed by atoms with van der Waals surface area (Å²) in [6, 6.07) is 8.24. The molecular weight excluding hydrogens is 300 g/mol. The van der Waals surface area contributed by atoms with Gasteiger partial charge >= 0.3 is 0 Å². The van der Waals surface area contributed by atoms with E-state index >= 15 is 0 Å². The summed E-state index contributed by atoms with van der Waals surface area (Å²) < 4.78 is 0. The zero-order chi connectivity index (χ0) is 17.5. The first-order chi connectivity index (χ1) is 11.5. The Morgan fingerprint density at radius 1 is 1.29 bits per heavy atom. The Bertz CT molecular complexity index is 513. The van der Waals surface area contributed by atoms with Gasteiger partial charge in [-0.1, -0.05) is 45.0 Å². The summed E-state index contributed by atoms with van der Waals surface area (Å²) in [5.74, 6) is 0.721. The molecule has 0 unspecified atom stereocenters. The van der Waals surface area contributed by atoms with Gasteiger partial charge in [0.05, 0.1) is 12.0 Å². The predicted molar refractivity (Wildman–Crippen MR) is 98.0 cm³/mol. The maximum atomic E-state index is 12.2. The van der Waals surface area contributed by atoms with Gasteiger partial charge in [-0.2, -0.15) is 0 Å². The molecule has 1 heterocycles. The van der Waals surface area contributed by atoms with Crippen molar-refractivity contribution in [2.45, 2.75) is 52.1 Å². The van der Waals surface area contributed by atoms with Crippen molar-refractivity contribution in [3.05, 3.63) is 35.4 Å². The number of amides is 1. The van der Waals surface area contributed by atoms with Crippen LogP contribution in [0.5, 0.6) is 0 Å². The normalized spacial score (nSPS) is 20.1. The van der Waals surface area contributed by atoms with Gasteiger partial charge in [-0.25, -0.2) is 0 Å². The van der Waals surface area contributed by atoms with Gasteiger partial charge in [-0.15, -0.1) is 0 Å². The van der Waals surface area contributed by atoms with Crippen LogP contribution in [-0.2, 0) is 4.79 Å². The number of aliphatic hydroxyl groups excluding tert-OH is 1. The number of carbonyl (C=O) groups is 1. The van der Waals surface area contributed by atoms with E-state index in [1.165, 1.54) is 5.56 Å². The van der Waals surface area contributed by atoms with Crippen LogP contribution in [0.2, 0.25) is 0 Å². The Morgan fingerprint density at radius 3 is 2.58 bits per heavy atom. The van der Waals surface area contributed by atoms with Crippen LogP contribution in [-0.4, -0.2) is 42.1 Å². The van der Waals surface area contributed by atoms with E-state index in [-0.39, 0.29) is 11.8 Å². The van der Waals surface area contributed by atoms with Crippen LogP contribution in [0.25, 0.3) is 0 Å². The summed E-state index contributed by atoms with van der Waals surface area (Å²) in [5.41, 5.74) is 2.24. The molecule has 4 nitrogen and oxygen atoms in total. The molecule has 1 aliphatic heterocycles. The summed E-state index contributed by atoms with van der Waals surface area (Å²) in [4.78, 5) is 14.4. The van der Waals surface area contributed by atoms with Crippen LogP contribution in [0.15, 0.2) is 24.3 Å². The van der Waals surface area contributed by atoms with E-state index in [1.807, 2.05) is 12.1 Å². The molecule has 1 aromatic rings. The molecule has 2 rings (SSSR count). The monoisotopic (exact) mass is 332 g/mol. The number of benzene rings is 1. The Balaban J connectivity index is 1.88. The molecule has 134 valence electrons. The molecule has 1 aromatic carbocycles. The third-order valence-electron chi connectivity index (χ3n) is 4.84. The highest BCUT2D eigenvalue weighted by Gasteiger charge is 2.26. The molecule has 1 fully saturated rings. The second-order valence-corrected chi connectivity index (χ2v) is 7.23. The minimum Gasteiger partial charge on any atom is -0.387 e. The molecule has 0 radical (unpaired) electrons. The quantitative estimate of drug-likeness (QED) is 0.807. The Morgan fingerprint density at radius 2 is 1.96 bits per heavy atom. The molecule has 0 saturated carbocycles. The number of hydrogen-bond donors (Lipinski definition) is 2. The van der Waals surface area contributed by atoms with Gasteiger partial charge in [-0.3, -0.25) is 9.69 Å². The van der Waals surface area contributed by atoms with E-state index < -0.39 is 6.10 Å². The lowest BCUT2D eigenvalue weighted by molar-refractivity contribution is -0.126. The zero-order valence-corrected chi connectivity index (χ0v) is 15.3. The maximum absolute atomic E-state index is 12.2. The SMILES string of the molecule is CCCNC(=O)[C@@H]1CCCN(C[C@H](O)c2ccc(C(C)C)cc2)C1. The van der Waals surface area contributed by atoms with Crippen molar-refractivity contribution in [3.8, 4) is 0 Å². The summed E-state index contributed by atoms with van der Waals surface area (Å²) in [6.45, 7) is 9.45. The molecule has 2 atom stereocenters. The third-order valence-corrected chi connectivity index (χ3v) is 4.84. The average Bonchev–Trinajstić information content (AvgIpc) is 2.60. The second-order valence-electron chi connectivity index (χ2n) is 7.23. The number of piperidine rings is 1. The van der Waals surface area contributed by atoms with Crippen LogP contribution >= 0.6 is 0 Å². The van der Waals surface area contributed by atoms with Crippen molar-refractivity contribution in [3.63, 3.8) is 0 Å². The van der Waals surface area contributed by atoms with E-state index in [9.17, 15) is 9.90 Å².